The quantitative estimate of drug-likeness (QED) is 0.116. The minimum Gasteiger partial charge on any atom is -0.453 e. The van der Waals surface area contributed by atoms with E-state index in [2.05, 4.69) is 49.5 Å². The number of H-pyrrole nitrogens is 2. The topological polar surface area (TPSA) is 175 Å². The van der Waals surface area contributed by atoms with Gasteiger partial charge in [0.05, 0.1) is 63.8 Å². The number of aromatic nitrogens is 4. The second-order valence-electron chi connectivity index (χ2n) is 16.4. The molecule has 4 amide bonds. The first-order valence-electron chi connectivity index (χ1n) is 19.2. The number of ether oxygens (including phenoxy) is 2. The van der Waals surface area contributed by atoms with Crippen LogP contribution in [-0.4, -0.2) is 107 Å². The lowest BCUT2D eigenvalue weighted by Crippen LogP contribution is -2.52. The summed E-state index contributed by atoms with van der Waals surface area (Å²) in [6, 6.07) is 15.6. The molecule has 0 spiro atoms. The van der Waals surface area contributed by atoms with E-state index in [-0.39, 0.29) is 23.7 Å². The van der Waals surface area contributed by atoms with E-state index >= 15 is 0 Å². The van der Waals surface area contributed by atoms with Crippen LogP contribution >= 0.6 is 0 Å². The third kappa shape index (κ3) is 7.99. The summed E-state index contributed by atoms with van der Waals surface area (Å²) >= 11 is 0. The van der Waals surface area contributed by atoms with Crippen molar-refractivity contribution in [1.29, 1.82) is 0 Å². The van der Waals surface area contributed by atoms with Crippen molar-refractivity contribution in [3.63, 3.8) is 0 Å². The van der Waals surface area contributed by atoms with Crippen LogP contribution in [-0.2, 0) is 19.1 Å². The zero-order valence-corrected chi connectivity index (χ0v) is 34.5. The maximum Gasteiger partial charge on any atom is 0.407 e. The molecule has 58 heavy (non-hydrogen) atoms. The largest absolute Gasteiger partial charge is 0.453 e. The van der Waals surface area contributed by atoms with Crippen molar-refractivity contribution < 1.29 is 37.4 Å². The van der Waals surface area contributed by atoms with Crippen molar-refractivity contribution in [3.8, 4) is 22.4 Å². The van der Waals surface area contributed by atoms with E-state index < -0.39 is 63.2 Å². The second-order valence-corrected chi connectivity index (χ2v) is 21.4. The number of fused-ring (bicyclic) bond motifs is 3. The lowest BCUT2D eigenvalue weighted by molar-refractivity contribution is -0.135. The number of nitrogens with one attached hydrogen (secondary N) is 4. The molecule has 0 radical (unpaired) electrons. The zero-order valence-electron chi connectivity index (χ0n) is 33.5. The highest BCUT2D eigenvalue weighted by molar-refractivity contribution is 6.78. The summed E-state index contributed by atoms with van der Waals surface area (Å²) in [5.41, 5.74) is 4.94. The molecule has 4 atom stereocenters. The normalized spacial score (nSPS) is 19.7. The Labute approximate surface area is 335 Å². The van der Waals surface area contributed by atoms with Crippen LogP contribution < -0.4 is 10.6 Å². The highest BCUT2D eigenvalue weighted by Gasteiger charge is 2.50. The first-order chi connectivity index (χ1) is 27.5. The number of carbonyl (C=O) groups excluding carboxylic acids is 4. The smallest absolute Gasteiger partial charge is 0.407 e. The first-order valence-corrected chi connectivity index (χ1v) is 22.6. The summed E-state index contributed by atoms with van der Waals surface area (Å²) in [6.07, 6.45) is 0.366. The number of carbonyl (C=O) groups is 4. The number of benzene rings is 3. The van der Waals surface area contributed by atoms with Gasteiger partial charge in [0.1, 0.15) is 23.7 Å². The van der Waals surface area contributed by atoms with Crippen LogP contribution in [0.3, 0.4) is 0 Å². The molecule has 2 saturated heterocycles. The Balaban J connectivity index is 1.10. The van der Waals surface area contributed by atoms with Gasteiger partial charge < -0.3 is 39.9 Å². The molecule has 0 bridgehead atoms. The number of aromatic amines is 2. The molecule has 7 rings (SSSR count). The lowest BCUT2D eigenvalue weighted by atomic mass is 9.99. The molecule has 0 saturated carbocycles. The number of alkyl carbamates (subject to hydrolysis) is 2. The molecule has 306 valence electrons. The van der Waals surface area contributed by atoms with Gasteiger partial charge in [-0.2, -0.15) is 0 Å². The Bertz CT molecular complexity index is 2380. The van der Waals surface area contributed by atoms with Gasteiger partial charge in [0.2, 0.25) is 11.8 Å². The van der Waals surface area contributed by atoms with Gasteiger partial charge in [-0.1, -0.05) is 69.4 Å². The van der Waals surface area contributed by atoms with Crippen molar-refractivity contribution in [3.05, 3.63) is 72.4 Å². The summed E-state index contributed by atoms with van der Waals surface area (Å²) in [4.78, 5) is 69.8. The monoisotopic (exact) mass is 814 g/mol. The molecule has 2 aliphatic rings. The maximum atomic E-state index is 14.8. The maximum absolute atomic E-state index is 14.8. The Morgan fingerprint density at radius 3 is 2.21 bits per heavy atom. The minimum absolute atomic E-state index is 0.135. The molecule has 2 aromatic heterocycles. The van der Waals surface area contributed by atoms with Crippen LogP contribution in [0, 0.1) is 5.92 Å². The standard InChI is InChI=1S/C41H48F2N8O6Si/c1-22(2)33(49-40(55)57-5)38(53)51-21-58(6,7)19-32(51)35-44-18-30(47-35)25-10-8-24(9-11-25)26-12-14-28-27(16-26)13-15-29-34(28)48-36(46-29)31-17-41(42,43)20-50(31)37(52)23(3)45-39(54)56-4/h8-16,18,22-23,31-33H,17,19-21H2,1-7H3,(H,44,47)(H,45,54)(H,46,48)(H,49,55)/t23-,31-,32-,33-/m0/s1. The van der Waals surface area contributed by atoms with Crippen molar-refractivity contribution in [2.75, 3.05) is 26.9 Å². The number of rotatable bonds is 9. The molecular formula is C41H48F2N8O6Si. The van der Waals surface area contributed by atoms with Crippen molar-refractivity contribution >= 4 is 53.9 Å². The van der Waals surface area contributed by atoms with Crippen molar-refractivity contribution in [2.24, 2.45) is 5.92 Å². The highest BCUT2D eigenvalue weighted by Crippen LogP contribution is 2.42. The Morgan fingerprint density at radius 2 is 1.52 bits per heavy atom. The number of nitrogens with zero attached hydrogens (tertiary/aromatic N) is 4. The number of alkyl halides is 2. The van der Waals surface area contributed by atoms with Gasteiger partial charge in [-0.05, 0) is 53.1 Å². The molecule has 5 aromatic rings. The highest BCUT2D eigenvalue weighted by atomic mass is 28.3. The Morgan fingerprint density at radius 1 is 0.845 bits per heavy atom. The van der Waals surface area contributed by atoms with E-state index in [0.29, 0.717) is 23.0 Å². The number of methoxy groups -OCH3 is 2. The molecule has 0 aliphatic carbocycles. The number of likely N-dealkylation sites (tertiary alicyclic amines) is 1. The average Bonchev–Trinajstić information content (AvgIpc) is 3.99. The van der Waals surface area contributed by atoms with Gasteiger partial charge in [0.25, 0.3) is 5.92 Å². The van der Waals surface area contributed by atoms with E-state index in [4.69, 9.17) is 9.72 Å². The summed E-state index contributed by atoms with van der Waals surface area (Å²) in [5, 5.41) is 6.83. The van der Waals surface area contributed by atoms with E-state index in [1.807, 2.05) is 67.3 Å². The minimum atomic E-state index is -3.13. The second kappa shape index (κ2) is 15.5. The SMILES string of the molecule is COC(=O)N[C@@H](C)C(=O)N1CC(F)(F)C[C@H]1c1nc2ccc3cc(-c4ccc(-c5cnc([C@@H]6C[Si](C)(C)CN6C(=O)[C@@H](NC(=O)OC)C(C)C)[nH]5)cc4)ccc3c2[nH]1. The molecule has 0 unspecified atom stereocenters. The van der Waals surface area contributed by atoms with E-state index in [0.717, 1.165) is 51.2 Å². The van der Waals surface area contributed by atoms with Crippen LogP contribution in [0.2, 0.25) is 19.1 Å². The van der Waals surface area contributed by atoms with Crippen LogP contribution in [0.5, 0.6) is 0 Å². The number of hydrogen-bond acceptors (Lipinski definition) is 8. The number of amides is 4. The summed E-state index contributed by atoms with van der Waals surface area (Å²) in [6.45, 7) is 8.93. The van der Waals surface area contributed by atoms with Crippen LogP contribution in [0.1, 0.15) is 50.9 Å². The predicted molar refractivity (Wildman–Crippen MR) is 217 cm³/mol. The molecule has 3 aromatic carbocycles. The fourth-order valence-corrected chi connectivity index (χ4v) is 11.0. The molecule has 2 fully saturated rings. The lowest BCUT2D eigenvalue weighted by Gasteiger charge is -2.30. The molecular weight excluding hydrogens is 767 g/mol. The first kappa shape index (κ1) is 40.4. The van der Waals surface area contributed by atoms with Gasteiger partial charge in [-0.3, -0.25) is 9.59 Å². The van der Waals surface area contributed by atoms with Gasteiger partial charge in [0, 0.05) is 18.0 Å². The van der Waals surface area contributed by atoms with E-state index in [9.17, 15) is 28.0 Å². The Kier molecular flexibility index (Phi) is 10.8. The predicted octanol–water partition coefficient (Wildman–Crippen LogP) is 6.94. The third-order valence-corrected chi connectivity index (χ3v) is 13.8. The van der Waals surface area contributed by atoms with Gasteiger partial charge >= 0.3 is 12.2 Å². The molecule has 17 heteroatoms. The number of hydrogen-bond donors (Lipinski definition) is 4. The summed E-state index contributed by atoms with van der Waals surface area (Å²) in [5.74, 6) is -3.12. The van der Waals surface area contributed by atoms with Gasteiger partial charge in [0.15, 0.2) is 0 Å². The zero-order chi connectivity index (χ0) is 41.7. The average molecular weight is 815 g/mol. The molecule has 2 aliphatic heterocycles. The number of imidazole rings is 2. The fraction of sp³-hybridized carbons (Fsp3) is 0.415. The fourth-order valence-electron chi connectivity index (χ4n) is 8.12. The molecule has 14 nitrogen and oxygen atoms in total. The van der Waals surface area contributed by atoms with Crippen molar-refractivity contribution in [2.45, 2.75) is 76.4 Å². The van der Waals surface area contributed by atoms with Crippen LogP contribution in [0.4, 0.5) is 18.4 Å². The van der Waals surface area contributed by atoms with Crippen LogP contribution in [0.25, 0.3) is 44.2 Å². The third-order valence-electron chi connectivity index (χ3n) is 11.1. The number of halogens is 2. The van der Waals surface area contributed by atoms with Crippen LogP contribution in [0.15, 0.2) is 60.8 Å². The Hall–Kier alpha value is -5.84. The molecule has 4 heterocycles. The van der Waals surface area contributed by atoms with Gasteiger partial charge in [-0.15, -0.1) is 0 Å². The van der Waals surface area contributed by atoms with E-state index in [1.54, 1.807) is 6.20 Å². The summed E-state index contributed by atoms with van der Waals surface area (Å²) < 4.78 is 38.9. The summed E-state index contributed by atoms with van der Waals surface area (Å²) in [7, 11) is 0.662. The van der Waals surface area contributed by atoms with E-state index in [1.165, 1.54) is 14.0 Å². The van der Waals surface area contributed by atoms with Gasteiger partial charge in [-0.25, -0.2) is 28.3 Å². The molecule has 4 N–H and O–H groups in total. The van der Waals surface area contributed by atoms with Crippen molar-refractivity contribution in [1.82, 2.24) is 40.4 Å².